The number of sulfonamides is 1. The van der Waals surface area contributed by atoms with Crippen LogP contribution in [0, 0.1) is 41.5 Å². The molecule has 0 unspecified atom stereocenters. The second-order valence-corrected chi connectivity index (χ2v) is 8.20. The van der Waals surface area contributed by atoms with Crippen molar-refractivity contribution in [3.63, 3.8) is 0 Å². The number of esters is 1. The highest BCUT2D eigenvalue weighted by atomic mass is 32.2. The summed E-state index contributed by atoms with van der Waals surface area (Å²) in [6.07, 6.45) is 0. The molecule has 140 valence electrons. The number of carbonyl (C=O) groups excluding carboxylic acids is 1. The molecule has 0 radical (unpaired) electrons. The highest BCUT2D eigenvalue weighted by Crippen LogP contribution is 2.31. The molecular weight excluding hydrogens is 350 g/mol. The van der Waals surface area contributed by atoms with Gasteiger partial charge in [0.1, 0.15) is 0 Å². The second-order valence-electron chi connectivity index (χ2n) is 6.58. The summed E-state index contributed by atoms with van der Waals surface area (Å²) in [5, 5.41) is 0. The number of methoxy groups -OCH3 is 1. The van der Waals surface area contributed by atoms with Crippen LogP contribution in [-0.2, 0) is 14.8 Å². The Balaban J connectivity index is 2.60. The molecular formula is C20H25NO4S. The van der Waals surface area contributed by atoms with Gasteiger partial charge in [-0.15, -0.1) is 0 Å². The molecule has 0 bridgehead atoms. The average molecular weight is 375 g/mol. The Bertz CT molecular complexity index is 962. The second kappa shape index (κ2) is 7.11. The summed E-state index contributed by atoms with van der Waals surface area (Å²) in [6, 6.07) is 4.79. The van der Waals surface area contributed by atoms with Gasteiger partial charge in [0.2, 0.25) is 0 Å². The predicted octanol–water partition coefficient (Wildman–Crippen LogP) is 4.12. The van der Waals surface area contributed by atoms with Gasteiger partial charge in [0.25, 0.3) is 10.0 Å². The number of anilines is 1. The number of benzene rings is 2. The molecule has 0 aliphatic carbocycles. The molecule has 0 saturated heterocycles. The minimum atomic E-state index is -3.81. The van der Waals surface area contributed by atoms with E-state index in [0.29, 0.717) is 16.1 Å². The van der Waals surface area contributed by atoms with E-state index in [1.807, 2.05) is 34.6 Å². The number of hydrogen-bond acceptors (Lipinski definition) is 4. The molecule has 6 heteroatoms. The fraction of sp³-hybridized carbons (Fsp3) is 0.350. The molecule has 5 nitrogen and oxygen atoms in total. The Morgan fingerprint density at radius 1 is 0.885 bits per heavy atom. The third kappa shape index (κ3) is 3.46. The molecule has 2 aromatic carbocycles. The summed E-state index contributed by atoms with van der Waals surface area (Å²) in [5.41, 5.74) is 5.88. The fourth-order valence-electron chi connectivity index (χ4n) is 3.04. The molecule has 0 aromatic heterocycles. The molecule has 0 fully saturated rings. The van der Waals surface area contributed by atoms with Gasteiger partial charge in [-0.3, -0.25) is 4.72 Å². The van der Waals surface area contributed by atoms with E-state index < -0.39 is 16.0 Å². The molecule has 1 N–H and O–H groups in total. The third-order valence-electron chi connectivity index (χ3n) is 5.10. The molecule has 0 aliphatic rings. The van der Waals surface area contributed by atoms with E-state index in [1.165, 1.54) is 13.2 Å². The summed E-state index contributed by atoms with van der Waals surface area (Å²) >= 11 is 0. The zero-order valence-corrected chi connectivity index (χ0v) is 17.1. The maximum Gasteiger partial charge on any atom is 0.337 e. The molecule has 0 amide bonds. The van der Waals surface area contributed by atoms with Gasteiger partial charge in [-0.25, -0.2) is 13.2 Å². The average Bonchev–Trinajstić information content (AvgIpc) is 2.59. The van der Waals surface area contributed by atoms with Crippen LogP contribution in [0.3, 0.4) is 0 Å². The minimum Gasteiger partial charge on any atom is -0.465 e. The van der Waals surface area contributed by atoms with Crippen molar-refractivity contribution >= 4 is 21.7 Å². The van der Waals surface area contributed by atoms with Crippen molar-refractivity contribution in [3.8, 4) is 0 Å². The van der Waals surface area contributed by atoms with Gasteiger partial charge in [0, 0.05) is 0 Å². The van der Waals surface area contributed by atoms with Crippen molar-refractivity contribution in [1.82, 2.24) is 0 Å². The molecule has 26 heavy (non-hydrogen) atoms. The summed E-state index contributed by atoms with van der Waals surface area (Å²) < 4.78 is 33.6. The van der Waals surface area contributed by atoms with Gasteiger partial charge < -0.3 is 4.74 Å². The van der Waals surface area contributed by atoms with E-state index in [4.69, 9.17) is 4.74 Å². The van der Waals surface area contributed by atoms with E-state index >= 15 is 0 Å². The monoisotopic (exact) mass is 375 g/mol. The van der Waals surface area contributed by atoms with Crippen molar-refractivity contribution in [2.45, 2.75) is 46.4 Å². The Kier molecular flexibility index (Phi) is 5.47. The van der Waals surface area contributed by atoms with Crippen LogP contribution in [0.2, 0.25) is 0 Å². The molecule has 0 saturated carbocycles. The van der Waals surface area contributed by atoms with Gasteiger partial charge in [-0.2, -0.15) is 0 Å². The van der Waals surface area contributed by atoms with Crippen LogP contribution in [0.5, 0.6) is 0 Å². The van der Waals surface area contributed by atoms with E-state index in [2.05, 4.69) is 4.72 Å². The molecule has 2 aromatic rings. The smallest absolute Gasteiger partial charge is 0.337 e. The first-order valence-electron chi connectivity index (χ1n) is 8.30. The Morgan fingerprint density at radius 3 is 1.88 bits per heavy atom. The topological polar surface area (TPSA) is 72.5 Å². The summed E-state index contributed by atoms with van der Waals surface area (Å²) in [4.78, 5) is 12.0. The number of rotatable bonds is 4. The van der Waals surface area contributed by atoms with Crippen LogP contribution in [-0.4, -0.2) is 21.5 Å². The summed E-state index contributed by atoms with van der Waals surface area (Å²) in [7, 11) is -2.52. The summed E-state index contributed by atoms with van der Waals surface area (Å²) in [6.45, 7) is 11.3. The largest absolute Gasteiger partial charge is 0.465 e. The lowest BCUT2D eigenvalue weighted by atomic mass is 9.95. The number of nitrogens with one attached hydrogen (secondary N) is 1. The molecule has 0 spiro atoms. The Hall–Kier alpha value is -2.34. The van der Waals surface area contributed by atoms with Gasteiger partial charge >= 0.3 is 5.97 Å². The van der Waals surface area contributed by atoms with E-state index in [-0.39, 0.29) is 0 Å². The number of aryl methyl sites for hydroxylation is 1. The summed E-state index contributed by atoms with van der Waals surface area (Å²) in [5.74, 6) is -0.514. The van der Waals surface area contributed by atoms with Crippen LogP contribution >= 0.6 is 0 Å². The van der Waals surface area contributed by atoms with Crippen molar-refractivity contribution in [1.29, 1.82) is 0 Å². The highest BCUT2D eigenvalue weighted by Gasteiger charge is 2.24. The predicted molar refractivity (Wildman–Crippen MR) is 103 cm³/mol. The quantitative estimate of drug-likeness (QED) is 0.816. The van der Waals surface area contributed by atoms with Crippen LogP contribution in [0.1, 0.15) is 43.7 Å². The van der Waals surface area contributed by atoms with Crippen LogP contribution < -0.4 is 4.72 Å². The van der Waals surface area contributed by atoms with E-state index in [1.54, 1.807) is 19.1 Å². The minimum absolute atomic E-state index is 0.292. The lowest BCUT2D eigenvalue weighted by molar-refractivity contribution is 0.0601. The molecule has 0 atom stereocenters. The molecule has 0 heterocycles. The number of ether oxygens (including phenoxy) is 1. The van der Waals surface area contributed by atoms with E-state index in [9.17, 15) is 13.2 Å². The van der Waals surface area contributed by atoms with Gasteiger partial charge in [0.05, 0.1) is 23.3 Å². The fourth-order valence-corrected chi connectivity index (χ4v) is 4.77. The Labute approximate surface area is 155 Å². The van der Waals surface area contributed by atoms with Crippen molar-refractivity contribution in [3.05, 3.63) is 57.1 Å². The SMILES string of the molecule is COC(=O)c1ccc(C)c(NS(=O)(=O)c2c(C)c(C)c(C)c(C)c2C)c1. The highest BCUT2D eigenvalue weighted by molar-refractivity contribution is 7.92. The number of hydrogen-bond donors (Lipinski definition) is 1. The van der Waals surface area contributed by atoms with Crippen LogP contribution in [0.15, 0.2) is 23.1 Å². The lowest BCUT2D eigenvalue weighted by Gasteiger charge is -2.20. The van der Waals surface area contributed by atoms with Gasteiger partial charge in [0.15, 0.2) is 0 Å². The maximum absolute atomic E-state index is 13.1. The Morgan fingerprint density at radius 2 is 1.38 bits per heavy atom. The molecule has 2 rings (SSSR count). The molecule has 0 aliphatic heterocycles. The maximum atomic E-state index is 13.1. The lowest BCUT2D eigenvalue weighted by Crippen LogP contribution is -2.18. The standard InChI is InChI=1S/C20H25NO4S/c1-11-8-9-17(20(22)25-7)10-18(11)21-26(23,24)19-15(5)13(3)12(2)14(4)16(19)6/h8-10,21H,1-7H3. The third-order valence-corrected chi connectivity index (χ3v) is 6.74. The number of carbonyl (C=O) groups is 1. The first-order valence-corrected chi connectivity index (χ1v) is 9.78. The van der Waals surface area contributed by atoms with Crippen LogP contribution in [0.25, 0.3) is 0 Å². The van der Waals surface area contributed by atoms with Crippen LogP contribution in [0.4, 0.5) is 5.69 Å². The van der Waals surface area contributed by atoms with Crippen molar-refractivity contribution < 1.29 is 17.9 Å². The first kappa shape index (κ1) is 20.0. The van der Waals surface area contributed by atoms with Crippen molar-refractivity contribution in [2.24, 2.45) is 0 Å². The van der Waals surface area contributed by atoms with Crippen molar-refractivity contribution in [2.75, 3.05) is 11.8 Å². The first-order chi connectivity index (χ1) is 12.0. The zero-order chi connectivity index (χ0) is 19.8. The zero-order valence-electron chi connectivity index (χ0n) is 16.3. The van der Waals surface area contributed by atoms with E-state index in [0.717, 1.165) is 33.4 Å². The van der Waals surface area contributed by atoms with Gasteiger partial charge in [-0.1, -0.05) is 6.07 Å². The normalized spacial score (nSPS) is 11.3. The van der Waals surface area contributed by atoms with Gasteiger partial charge in [-0.05, 0) is 87.1 Å².